The van der Waals surface area contributed by atoms with E-state index in [4.69, 9.17) is 4.42 Å². The second-order valence-corrected chi connectivity index (χ2v) is 7.77. The molecular weight excluding hydrogens is 432 g/mol. The molecule has 1 atom stereocenters. The number of carboxylic acids is 1. The summed E-state index contributed by atoms with van der Waals surface area (Å²) in [5, 5.41) is 12.3. The Balaban J connectivity index is 1.82. The second-order valence-electron chi connectivity index (χ2n) is 5.82. The molecule has 0 radical (unpaired) electrons. The molecule has 1 aromatic heterocycles. The number of amidine groups is 1. The lowest BCUT2D eigenvalue weighted by Crippen LogP contribution is -2.21. The number of aliphatic imine (C=N–C) groups is 1. The fraction of sp³-hybridized carbons (Fsp3) is 0.211. The first-order chi connectivity index (χ1) is 12.9. The third kappa shape index (κ3) is 5.11. The number of aliphatic carboxylic acids is 1. The fourth-order valence-electron chi connectivity index (χ4n) is 2.51. The van der Waals surface area contributed by atoms with E-state index in [-0.39, 0.29) is 12.3 Å². The highest BCUT2D eigenvalue weighted by Crippen LogP contribution is 2.30. The Bertz CT molecular complexity index is 918. The van der Waals surface area contributed by atoms with E-state index < -0.39 is 12.0 Å². The van der Waals surface area contributed by atoms with Gasteiger partial charge in [0.25, 0.3) is 5.91 Å². The van der Waals surface area contributed by atoms with Crippen LogP contribution in [0.3, 0.4) is 0 Å². The Morgan fingerprint density at radius 1 is 1.33 bits per heavy atom. The van der Waals surface area contributed by atoms with E-state index >= 15 is 0 Å². The molecule has 1 aliphatic heterocycles. The van der Waals surface area contributed by atoms with Gasteiger partial charge in [0.15, 0.2) is 5.17 Å². The monoisotopic (exact) mass is 448 g/mol. The first-order valence-electron chi connectivity index (χ1n) is 8.29. The van der Waals surface area contributed by atoms with E-state index in [0.717, 1.165) is 22.2 Å². The zero-order chi connectivity index (χ0) is 19.4. The topological polar surface area (TPSA) is 91.9 Å². The highest BCUT2D eigenvalue weighted by Gasteiger charge is 2.26. The average molecular weight is 449 g/mol. The molecule has 0 unspecified atom stereocenters. The molecule has 3 rings (SSSR count). The Labute approximate surface area is 168 Å². The minimum Gasteiger partial charge on any atom is -0.481 e. The molecule has 2 heterocycles. The first-order valence-corrected chi connectivity index (χ1v) is 9.90. The van der Waals surface area contributed by atoms with Gasteiger partial charge in [-0.05, 0) is 41.6 Å². The largest absolute Gasteiger partial charge is 0.481 e. The maximum Gasteiger partial charge on any atom is 0.305 e. The smallest absolute Gasteiger partial charge is 0.305 e. The number of carboxylic acid groups (broad SMARTS) is 1. The average Bonchev–Trinajstić information content (AvgIpc) is 3.21. The van der Waals surface area contributed by atoms with Crippen molar-refractivity contribution in [3.8, 4) is 0 Å². The number of carbonyl (C=O) groups is 2. The summed E-state index contributed by atoms with van der Waals surface area (Å²) in [5.74, 6) is 0.203. The highest BCUT2D eigenvalue weighted by molar-refractivity contribution is 9.10. The van der Waals surface area contributed by atoms with Crippen molar-refractivity contribution in [2.45, 2.75) is 25.8 Å². The number of thioether (sulfide) groups is 1. The van der Waals surface area contributed by atoms with Gasteiger partial charge in [-0.25, -0.2) is 0 Å². The molecule has 6 nitrogen and oxygen atoms in total. The van der Waals surface area contributed by atoms with Crippen LogP contribution in [-0.2, 0) is 16.0 Å². The molecule has 1 aromatic carbocycles. The third-order valence-electron chi connectivity index (χ3n) is 3.85. The molecule has 0 spiro atoms. The number of aryl methyl sites for hydroxylation is 1. The quantitative estimate of drug-likeness (QED) is 0.639. The van der Waals surface area contributed by atoms with Crippen LogP contribution in [0.2, 0.25) is 0 Å². The second kappa shape index (κ2) is 8.58. The summed E-state index contributed by atoms with van der Waals surface area (Å²) in [5.41, 5.74) is 0.763. The maximum absolute atomic E-state index is 12.2. The summed E-state index contributed by atoms with van der Waals surface area (Å²) in [6.07, 6.45) is 2.27. The van der Waals surface area contributed by atoms with Crippen LogP contribution in [0.5, 0.6) is 0 Å². The molecule has 27 heavy (non-hydrogen) atoms. The number of hydrogen-bond donors (Lipinski definition) is 2. The van der Waals surface area contributed by atoms with Crippen molar-refractivity contribution in [1.29, 1.82) is 0 Å². The number of halogens is 1. The van der Waals surface area contributed by atoms with Crippen LogP contribution in [0.4, 0.5) is 0 Å². The number of nitrogens with zero attached hydrogens (tertiary/aromatic N) is 1. The van der Waals surface area contributed by atoms with Gasteiger partial charge in [0.1, 0.15) is 11.5 Å². The molecule has 1 fully saturated rings. The van der Waals surface area contributed by atoms with Crippen LogP contribution in [0.1, 0.15) is 36.5 Å². The van der Waals surface area contributed by atoms with E-state index in [1.54, 1.807) is 6.08 Å². The molecule has 0 bridgehead atoms. The SMILES string of the molecule is CCc1ccc(/C=C2\SC(=N[C@H](CC(=O)O)c3ccc(Br)cc3)NC2=O)o1. The van der Waals surface area contributed by atoms with Crippen LogP contribution in [-0.4, -0.2) is 22.2 Å². The predicted molar refractivity (Wildman–Crippen MR) is 108 cm³/mol. The van der Waals surface area contributed by atoms with Gasteiger partial charge >= 0.3 is 5.97 Å². The number of carbonyl (C=O) groups excluding carboxylic acids is 1. The summed E-state index contributed by atoms with van der Waals surface area (Å²) < 4.78 is 6.50. The Morgan fingerprint density at radius 2 is 2.07 bits per heavy atom. The van der Waals surface area contributed by atoms with Crippen LogP contribution in [0.25, 0.3) is 6.08 Å². The van der Waals surface area contributed by atoms with E-state index in [9.17, 15) is 14.7 Å². The molecular formula is C19H17BrN2O4S. The zero-order valence-electron chi connectivity index (χ0n) is 14.4. The van der Waals surface area contributed by atoms with Gasteiger partial charge in [-0.3, -0.25) is 14.6 Å². The normalized spacial score (nSPS) is 18.1. The number of nitrogens with one attached hydrogen (secondary N) is 1. The summed E-state index contributed by atoms with van der Waals surface area (Å²) in [4.78, 5) is 28.3. The minimum absolute atomic E-state index is 0.168. The van der Waals surface area contributed by atoms with Crippen molar-refractivity contribution >= 4 is 50.8 Å². The van der Waals surface area contributed by atoms with Gasteiger partial charge < -0.3 is 14.8 Å². The lowest BCUT2D eigenvalue weighted by Gasteiger charge is -2.11. The van der Waals surface area contributed by atoms with Crippen molar-refractivity contribution < 1.29 is 19.1 Å². The molecule has 1 amide bonds. The molecule has 0 aliphatic carbocycles. The first kappa shape index (κ1) is 19.4. The van der Waals surface area contributed by atoms with Gasteiger partial charge in [-0.15, -0.1) is 0 Å². The van der Waals surface area contributed by atoms with Crippen LogP contribution in [0.15, 0.2) is 55.2 Å². The van der Waals surface area contributed by atoms with Crippen molar-refractivity contribution in [3.05, 3.63) is 62.9 Å². The lowest BCUT2D eigenvalue weighted by atomic mass is 10.0. The molecule has 1 saturated heterocycles. The molecule has 1 aliphatic rings. The summed E-state index contributed by atoms with van der Waals surface area (Å²) in [6, 6.07) is 10.4. The van der Waals surface area contributed by atoms with Crippen molar-refractivity contribution in [2.24, 2.45) is 4.99 Å². The third-order valence-corrected chi connectivity index (χ3v) is 5.30. The predicted octanol–water partition coefficient (Wildman–Crippen LogP) is 4.38. The Kier molecular flexibility index (Phi) is 6.18. The lowest BCUT2D eigenvalue weighted by molar-refractivity contribution is -0.137. The standard InChI is InChI=1S/C19H17BrN2O4S/c1-2-13-7-8-14(26-13)9-16-18(25)22-19(27-16)21-15(10-17(23)24)11-3-5-12(20)6-4-11/h3-9,15H,2,10H2,1H3,(H,23,24)(H,21,22,25)/b16-9-/t15-/m1/s1. The Morgan fingerprint density at radius 3 is 2.70 bits per heavy atom. The van der Waals surface area contributed by atoms with E-state index in [0.29, 0.717) is 15.8 Å². The molecule has 140 valence electrons. The van der Waals surface area contributed by atoms with Gasteiger partial charge in [-0.1, -0.05) is 35.0 Å². The number of rotatable bonds is 6. The van der Waals surface area contributed by atoms with Crippen molar-refractivity contribution in [2.75, 3.05) is 0 Å². The number of hydrogen-bond acceptors (Lipinski definition) is 5. The summed E-state index contributed by atoms with van der Waals surface area (Å²) >= 11 is 4.53. The van der Waals surface area contributed by atoms with Crippen LogP contribution in [0, 0.1) is 0 Å². The number of furan rings is 1. The minimum atomic E-state index is -0.958. The summed E-state index contributed by atoms with van der Waals surface area (Å²) in [7, 11) is 0. The van der Waals surface area contributed by atoms with Gasteiger partial charge in [0.2, 0.25) is 0 Å². The molecule has 2 aromatic rings. The summed E-state index contributed by atoms with van der Waals surface area (Å²) in [6.45, 7) is 1.99. The van der Waals surface area contributed by atoms with Crippen LogP contribution < -0.4 is 5.32 Å². The van der Waals surface area contributed by atoms with Gasteiger partial charge in [0.05, 0.1) is 17.4 Å². The van der Waals surface area contributed by atoms with E-state index in [1.165, 1.54) is 11.8 Å². The van der Waals surface area contributed by atoms with Crippen molar-refractivity contribution in [1.82, 2.24) is 5.32 Å². The van der Waals surface area contributed by atoms with E-state index in [1.807, 2.05) is 43.3 Å². The maximum atomic E-state index is 12.2. The number of benzene rings is 1. The van der Waals surface area contributed by atoms with Gasteiger partial charge in [0, 0.05) is 17.0 Å². The molecule has 2 N–H and O–H groups in total. The zero-order valence-corrected chi connectivity index (χ0v) is 16.8. The molecule has 0 saturated carbocycles. The van der Waals surface area contributed by atoms with Crippen LogP contribution >= 0.6 is 27.7 Å². The van der Waals surface area contributed by atoms with E-state index in [2.05, 4.69) is 26.2 Å². The van der Waals surface area contributed by atoms with Crippen molar-refractivity contribution in [3.63, 3.8) is 0 Å². The fourth-order valence-corrected chi connectivity index (χ4v) is 3.62. The number of amides is 1. The van der Waals surface area contributed by atoms with Gasteiger partial charge in [-0.2, -0.15) is 0 Å². The molecule has 8 heteroatoms. The highest BCUT2D eigenvalue weighted by atomic mass is 79.9. The Hall–Kier alpha value is -2.32.